The molecule has 0 aliphatic heterocycles. The number of H-pyrrole nitrogens is 1. The zero-order chi connectivity index (χ0) is 28.3. The summed E-state index contributed by atoms with van der Waals surface area (Å²) in [6, 6.07) is 7.79. The highest BCUT2D eigenvalue weighted by molar-refractivity contribution is 7.46. The van der Waals surface area contributed by atoms with E-state index in [1.54, 1.807) is 4.57 Å². The number of halogens is 2. The van der Waals surface area contributed by atoms with E-state index in [1.165, 1.54) is 6.33 Å². The first-order chi connectivity index (χ1) is 19.2. The number of nitrogen functional groups attached to an aromatic ring is 1. The molecule has 1 aliphatic rings. The quantitative estimate of drug-likeness (QED) is 0.184. The summed E-state index contributed by atoms with van der Waals surface area (Å²) in [6.45, 7) is 2.55. The highest BCUT2D eigenvalue weighted by Crippen LogP contribution is 2.46. The minimum Gasteiger partial charge on any atom is -0.395 e. The summed E-state index contributed by atoms with van der Waals surface area (Å²) in [5.41, 5.74) is 7.73. The summed E-state index contributed by atoms with van der Waals surface area (Å²) < 4.78 is 57.1. The van der Waals surface area contributed by atoms with Crippen molar-refractivity contribution in [3.05, 3.63) is 74.2 Å². The third kappa shape index (κ3) is 6.81. The first kappa shape index (κ1) is 28.1. The van der Waals surface area contributed by atoms with Crippen LogP contribution >= 0.6 is 8.38 Å². The standard InChI is InChI=1S/C25H28F2N5O7P/c1-15-2-4-16(5-3-15)11-36-40(14-35-9-8-32-13-29-19-21(32)30-23(28)31-22(19)33)37-12-18-20(39-24(34)38-18)17-6-7-25(26,27)10-17/h2-5,13,17H,6-12,14H2,1H3,(H3,28,30,31,33). The van der Waals surface area contributed by atoms with Gasteiger partial charge in [-0.15, -0.1) is 0 Å². The lowest BCUT2D eigenvalue weighted by atomic mass is 10.0. The molecule has 1 fully saturated rings. The van der Waals surface area contributed by atoms with E-state index in [0.29, 0.717) is 12.2 Å². The molecule has 3 aromatic heterocycles. The van der Waals surface area contributed by atoms with Crippen LogP contribution in [0.1, 0.15) is 47.8 Å². The number of anilines is 1. The van der Waals surface area contributed by atoms with E-state index in [-0.39, 0.29) is 62.0 Å². The zero-order valence-electron chi connectivity index (χ0n) is 21.6. The minimum atomic E-state index is -2.81. The van der Waals surface area contributed by atoms with Gasteiger partial charge in [-0.3, -0.25) is 9.78 Å². The van der Waals surface area contributed by atoms with Gasteiger partial charge in [0.05, 0.1) is 19.5 Å². The Kier molecular flexibility index (Phi) is 8.40. The number of benzene rings is 1. The fraction of sp³-hybridized carbons (Fsp3) is 0.440. The molecule has 2 unspecified atom stereocenters. The molecular formula is C25H28F2N5O7P. The van der Waals surface area contributed by atoms with Gasteiger partial charge in [-0.25, -0.2) is 18.6 Å². The van der Waals surface area contributed by atoms with E-state index in [9.17, 15) is 18.4 Å². The lowest BCUT2D eigenvalue weighted by Crippen LogP contribution is -2.13. The van der Waals surface area contributed by atoms with Crippen molar-refractivity contribution in [2.75, 3.05) is 18.7 Å². The number of ether oxygens (including phenoxy) is 1. The molecule has 40 heavy (non-hydrogen) atoms. The van der Waals surface area contributed by atoms with Crippen molar-refractivity contribution in [3.8, 4) is 0 Å². The number of nitrogens with zero attached hydrogens (tertiary/aromatic N) is 3. The van der Waals surface area contributed by atoms with E-state index in [4.69, 9.17) is 28.4 Å². The van der Waals surface area contributed by atoms with Gasteiger partial charge in [0.2, 0.25) is 11.9 Å². The number of imidazole rings is 1. The average molecular weight is 579 g/mol. The molecule has 0 saturated heterocycles. The van der Waals surface area contributed by atoms with Crippen LogP contribution in [0.3, 0.4) is 0 Å². The minimum absolute atomic E-state index is 0.0202. The number of fused-ring (bicyclic) bond motifs is 1. The molecule has 0 amide bonds. The topological polar surface area (TPSA) is 161 Å². The Bertz CT molecular complexity index is 1570. The van der Waals surface area contributed by atoms with Crippen LogP contribution < -0.4 is 17.1 Å². The van der Waals surface area contributed by atoms with Gasteiger partial charge in [-0.05, 0) is 18.9 Å². The van der Waals surface area contributed by atoms with Gasteiger partial charge in [0.15, 0.2) is 31.1 Å². The third-order valence-corrected chi connectivity index (χ3v) is 7.68. The van der Waals surface area contributed by atoms with E-state index < -0.39 is 38.0 Å². The van der Waals surface area contributed by atoms with Crippen molar-refractivity contribution in [3.63, 3.8) is 0 Å². The molecule has 1 aromatic carbocycles. The molecule has 12 nitrogen and oxygen atoms in total. The lowest BCUT2D eigenvalue weighted by Gasteiger charge is -2.18. The van der Waals surface area contributed by atoms with Gasteiger partial charge in [0.1, 0.15) is 13.0 Å². The molecule has 4 aromatic rings. The number of nitrogens with one attached hydrogen (secondary N) is 1. The van der Waals surface area contributed by atoms with E-state index in [1.807, 2.05) is 31.2 Å². The summed E-state index contributed by atoms with van der Waals surface area (Å²) in [5, 5.41) is 0. The Hall–Kier alpha value is -3.45. The molecule has 15 heteroatoms. The number of rotatable bonds is 12. The fourth-order valence-electron chi connectivity index (χ4n) is 4.41. The Morgan fingerprint density at radius 1 is 1.20 bits per heavy atom. The third-order valence-electron chi connectivity index (χ3n) is 6.45. The molecule has 2 atom stereocenters. The number of nitrogens with two attached hydrogens (primary N) is 1. The number of aryl methyl sites for hydroxylation is 1. The normalized spacial score (nSPS) is 17.5. The summed E-state index contributed by atoms with van der Waals surface area (Å²) in [5.74, 6) is -4.27. The molecule has 0 bridgehead atoms. The molecule has 214 valence electrons. The van der Waals surface area contributed by atoms with Crippen LogP contribution in [0.2, 0.25) is 0 Å². The largest absolute Gasteiger partial charge is 0.519 e. The number of aromatic nitrogens is 4. The number of aromatic amines is 1. The van der Waals surface area contributed by atoms with Crippen LogP contribution in [0.15, 0.2) is 49.0 Å². The van der Waals surface area contributed by atoms with Crippen molar-refractivity contribution in [1.29, 1.82) is 0 Å². The van der Waals surface area contributed by atoms with Gasteiger partial charge in [0, 0.05) is 25.3 Å². The smallest absolute Gasteiger partial charge is 0.395 e. The Balaban J connectivity index is 1.22. The van der Waals surface area contributed by atoms with Crippen molar-refractivity contribution in [1.82, 2.24) is 19.5 Å². The number of hydrogen-bond acceptors (Lipinski definition) is 10. The van der Waals surface area contributed by atoms with Crippen LogP contribution in [0.5, 0.6) is 0 Å². The van der Waals surface area contributed by atoms with Crippen molar-refractivity contribution < 1.29 is 31.4 Å². The molecule has 1 saturated carbocycles. The summed E-state index contributed by atoms with van der Waals surface area (Å²) >= 11 is 0. The first-order valence-corrected chi connectivity index (χ1v) is 13.9. The van der Waals surface area contributed by atoms with Crippen molar-refractivity contribution in [2.24, 2.45) is 0 Å². The number of hydrogen-bond donors (Lipinski definition) is 2. The summed E-state index contributed by atoms with van der Waals surface area (Å²) in [6.07, 6.45) is 1.01. The van der Waals surface area contributed by atoms with Crippen LogP contribution in [0, 0.1) is 6.92 Å². The molecule has 3 heterocycles. The molecule has 3 N–H and O–H groups in total. The van der Waals surface area contributed by atoms with E-state index >= 15 is 0 Å². The Labute approximate surface area is 227 Å². The van der Waals surface area contributed by atoms with Gasteiger partial charge >= 0.3 is 5.82 Å². The molecule has 0 spiro atoms. The highest BCUT2D eigenvalue weighted by atomic mass is 31.2. The molecular weight excluding hydrogens is 551 g/mol. The number of alkyl halides is 2. The van der Waals surface area contributed by atoms with Crippen molar-refractivity contribution >= 4 is 25.5 Å². The molecule has 5 rings (SSSR count). The second kappa shape index (κ2) is 12.0. The predicted molar refractivity (Wildman–Crippen MR) is 140 cm³/mol. The highest BCUT2D eigenvalue weighted by Gasteiger charge is 2.43. The van der Waals surface area contributed by atoms with Crippen molar-refractivity contribution in [2.45, 2.75) is 57.8 Å². The zero-order valence-corrected chi connectivity index (χ0v) is 22.5. The fourth-order valence-corrected chi connectivity index (χ4v) is 5.47. The summed E-state index contributed by atoms with van der Waals surface area (Å²) in [4.78, 5) is 34.4. The maximum Gasteiger partial charge on any atom is 0.519 e. The molecule has 1 aliphatic carbocycles. The monoisotopic (exact) mass is 579 g/mol. The van der Waals surface area contributed by atoms with Gasteiger partial charge in [0.25, 0.3) is 5.56 Å². The maximum atomic E-state index is 13.8. The lowest BCUT2D eigenvalue weighted by molar-refractivity contribution is 0.00710. The summed E-state index contributed by atoms with van der Waals surface area (Å²) in [7, 11) is -1.65. The van der Waals surface area contributed by atoms with E-state index in [0.717, 1.165) is 11.1 Å². The van der Waals surface area contributed by atoms with Gasteiger partial charge in [-0.2, -0.15) is 4.98 Å². The van der Waals surface area contributed by atoms with E-state index in [2.05, 4.69) is 15.0 Å². The van der Waals surface area contributed by atoms with Crippen LogP contribution in [-0.4, -0.2) is 38.4 Å². The SMILES string of the molecule is Cc1ccc(COP(COCCn2cnc3c(=O)[nH]c(N)nc32)OCc2oc(=O)oc2C2CCC(F)(F)C2)cc1. The Morgan fingerprint density at radius 2 is 1.98 bits per heavy atom. The second-order valence-corrected chi connectivity index (χ2v) is 10.9. The Morgan fingerprint density at radius 3 is 2.73 bits per heavy atom. The maximum absolute atomic E-state index is 13.8. The molecule has 0 radical (unpaired) electrons. The van der Waals surface area contributed by atoms with Crippen LogP contribution in [0.25, 0.3) is 11.2 Å². The van der Waals surface area contributed by atoms with Crippen LogP contribution in [-0.2, 0) is 33.5 Å². The predicted octanol–water partition coefficient (Wildman–Crippen LogP) is 4.18. The second-order valence-electron chi connectivity index (χ2n) is 9.50. The van der Waals surface area contributed by atoms with Crippen LogP contribution in [0.4, 0.5) is 14.7 Å². The average Bonchev–Trinajstić information content (AvgIpc) is 3.60. The van der Waals surface area contributed by atoms with Gasteiger partial charge in [-0.1, -0.05) is 29.8 Å². The first-order valence-electron chi connectivity index (χ1n) is 12.5. The van der Waals surface area contributed by atoms with Gasteiger partial charge < -0.3 is 32.9 Å².